The van der Waals surface area contributed by atoms with Crippen molar-refractivity contribution in [1.82, 2.24) is 19.6 Å². The van der Waals surface area contributed by atoms with Crippen LogP contribution in [0.1, 0.15) is 42.4 Å². The van der Waals surface area contributed by atoms with E-state index in [0.29, 0.717) is 41.8 Å². The van der Waals surface area contributed by atoms with Crippen molar-refractivity contribution < 1.29 is 27.2 Å². The lowest BCUT2D eigenvalue weighted by atomic mass is 9.93. The van der Waals surface area contributed by atoms with E-state index in [1.54, 1.807) is 35.9 Å². The standard InChI is InChI=1S/C29H34Cl2F4N4O2/c1-18(40)37(3)21-8-10-38(11-9-21)17-28(41)39-15-22(20-5-7-24(30)25(31)13-20)27(16-39)36(2)14-19-4-6-23(26(32)12-19)29(33,34)35/h4-7,12-13,21-22,27H,8-11,14-17H2,1-3H3/t22-,27+/m1/s1. The summed E-state index contributed by atoms with van der Waals surface area (Å²) in [6.45, 7) is 4.24. The number of hydrogen-bond donors (Lipinski definition) is 0. The molecule has 0 aromatic heterocycles. The predicted octanol–water partition coefficient (Wildman–Crippen LogP) is 5.52. The number of likely N-dealkylation sites (tertiary alicyclic amines) is 2. The SMILES string of the molecule is CC(=O)N(C)C1CCN(CC(=O)N2C[C@H](c3ccc(Cl)c(Cl)c3)[C@@H](N(C)Cc3ccc(C(F)(F)F)c(F)c3)C2)CC1. The van der Waals surface area contributed by atoms with Crippen molar-refractivity contribution in [3.63, 3.8) is 0 Å². The summed E-state index contributed by atoms with van der Waals surface area (Å²) in [5.41, 5.74) is -0.0144. The van der Waals surface area contributed by atoms with E-state index in [1.807, 2.05) is 18.0 Å². The molecule has 2 atom stereocenters. The zero-order chi connectivity index (χ0) is 30.1. The number of piperidine rings is 1. The molecule has 2 aliphatic rings. The van der Waals surface area contributed by atoms with Crippen molar-refractivity contribution in [3.05, 3.63) is 69.0 Å². The Kier molecular flexibility index (Phi) is 9.89. The van der Waals surface area contributed by atoms with Gasteiger partial charge in [-0.3, -0.25) is 19.4 Å². The summed E-state index contributed by atoms with van der Waals surface area (Å²) >= 11 is 12.4. The van der Waals surface area contributed by atoms with Gasteiger partial charge in [-0.15, -0.1) is 0 Å². The third-order valence-electron chi connectivity index (χ3n) is 8.31. The first-order valence-electron chi connectivity index (χ1n) is 13.5. The van der Waals surface area contributed by atoms with Crippen LogP contribution >= 0.6 is 23.2 Å². The van der Waals surface area contributed by atoms with Gasteiger partial charge in [-0.2, -0.15) is 13.2 Å². The first-order chi connectivity index (χ1) is 19.2. The van der Waals surface area contributed by atoms with E-state index in [9.17, 15) is 27.2 Å². The summed E-state index contributed by atoms with van der Waals surface area (Å²) in [6.07, 6.45) is -3.17. The van der Waals surface area contributed by atoms with Crippen LogP contribution in [0.15, 0.2) is 36.4 Å². The average molecular weight is 618 g/mol. The molecular formula is C29H34Cl2F4N4O2. The number of nitrogens with zero attached hydrogens (tertiary/aromatic N) is 4. The zero-order valence-corrected chi connectivity index (χ0v) is 24.7. The molecule has 2 amide bonds. The van der Waals surface area contributed by atoms with Gasteiger partial charge in [0, 0.05) is 64.7 Å². The van der Waals surface area contributed by atoms with Gasteiger partial charge in [0.1, 0.15) is 5.82 Å². The molecule has 2 heterocycles. The molecule has 0 N–H and O–H groups in total. The molecule has 2 aromatic rings. The number of benzene rings is 2. The molecule has 0 aliphatic carbocycles. The van der Waals surface area contributed by atoms with Crippen LogP contribution in [0.25, 0.3) is 0 Å². The Bertz CT molecular complexity index is 1270. The molecule has 12 heteroatoms. The van der Waals surface area contributed by atoms with Crippen LogP contribution in [0.5, 0.6) is 0 Å². The van der Waals surface area contributed by atoms with Gasteiger partial charge in [-0.05, 0) is 55.3 Å². The molecule has 0 radical (unpaired) electrons. The molecule has 224 valence electrons. The van der Waals surface area contributed by atoms with Gasteiger partial charge in [-0.25, -0.2) is 4.39 Å². The monoisotopic (exact) mass is 616 g/mol. The van der Waals surface area contributed by atoms with E-state index in [2.05, 4.69) is 4.90 Å². The molecule has 41 heavy (non-hydrogen) atoms. The van der Waals surface area contributed by atoms with E-state index in [0.717, 1.165) is 30.5 Å². The minimum atomic E-state index is -4.77. The number of carbonyl (C=O) groups is 2. The molecule has 2 saturated heterocycles. The highest BCUT2D eigenvalue weighted by Gasteiger charge is 2.39. The second-order valence-electron chi connectivity index (χ2n) is 11.0. The molecule has 2 fully saturated rings. The van der Waals surface area contributed by atoms with Crippen LogP contribution in [0, 0.1) is 5.82 Å². The lowest BCUT2D eigenvalue weighted by Crippen LogP contribution is -2.48. The number of likely N-dealkylation sites (N-methyl/N-ethyl adjacent to an activating group) is 1. The number of halogens is 6. The third kappa shape index (κ3) is 7.52. The molecule has 0 bridgehead atoms. The Morgan fingerprint density at radius 1 is 1.00 bits per heavy atom. The Hall–Kier alpha value is -2.40. The zero-order valence-electron chi connectivity index (χ0n) is 23.2. The Balaban J connectivity index is 1.47. The van der Waals surface area contributed by atoms with Crippen molar-refractivity contribution in [1.29, 1.82) is 0 Å². The van der Waals surface area contributed by atoms with Crippen molar-refractivity contribution in [2.24, 2.45) is 0 Å². The normalized spacial score (nSPS) is 20.6. The van der Waals surface area contributed by atoms with E-state index >= 15 is 0 Å². The maximum Gasteiger partial charge on any atom is 0.419 e. The molecule has 0 spiro atoms. The summed E-state index contributed by atoms with van der Waals surface area (Å²) < 4.78 is 53.4. The first-order valence-corrected chi connectivity index (χ1v) is 14.2. The fourth-order valence-electron chi connectivity index (χ4n) is 5.81. The molecule has 2 aromatic carbocycles. The van der Waals surface area contributed by atoms with Crippen molar-refractivity contribution in [2.45, 2.75) is 50.5 Å². The summed E-state index contributed by atoms with van der Waals surface area (Å²) in [5, 5.41) is 0.795. The van der Waals surface area contributed by atoms with Crippen LogP contribution in [0.3, 0.4) is 0 Å². The van der Waals surface area contributed by atoms with Crippen molar-refractivity contribution in [2.75, 3.05) is 46.8 Å². The molecule has 2 aliphatic heterocycles. The van der Waals surface area contributed by atoms with Gasteiger partial charge in [0.15, 0.2) is 0 Å². The highest BCUT2D eigenvalue weighted by Crippen LogP contribution is 2.36. The second kappa shape index (κ2) is 12.9. The van der Waals surface area contributed by atoms with Gasteiger partial charge < -0.3 is 9.80 Å². The summed E-state index contributed by atoms with van der Waals surface area (Å²) in [6, 6.07) is 8.26. The third-order valence-corrected chi connectivity index (χ3v) is 9.05. The maximum absolute atomic E-state index is 14.3. The number of alkyl halides is 3. The number of rotatable bonds is 7. The molecule has 6 nitrogen and oxygen atoms in total. The summed E-state index contributed by atoms with van der Waals surface area (Å²) in [5.74, 6) is -1.46. The fourth-order valence-corrected chi connectivity index (χ4v) is 6.12. The second-order valence-corrected chi connectivity index (χ2v) is 11.8. The van der Waals surface area contributed by atoms with Crippen LogP contribution in [-0.4, -0.2) is 90.3 Å². The quantitative estimate of drug-likeness (QED) is 0.384. The lowest BCUT2D eigenvalue weighted by molar-refractivity contribution is -0.140. The number of hydrogen-bond acceptors (Lipinski definition) is 4. The van der Waals surface area contributed by atoms with Crippen molar-refractivity contribution >= 4 is 35.0 Å². The fraction of sp³-hybridized carbons (Fsp3) is 0.517. The summed E-state index contributed by atoms with van der Waals surface area (Å²) in [4.78, 5) is 32.7. The molecule has 0 saturated carbocycles. The van der Waals surface area contributed by atoms with Gasteiger partial charge in [-0.1, -0.05) is 35.3 Å². The van der Waals surface area contributed by atoms with Crippen molar-refractivity contribution in [3.8, 4) is 0 Å². The smallest absolute Gasteiger partial charge is 0.343 e. The molecule has 0 unspecified atom stereocenters. The predicted molar refractivity (Wildman–Crippen MR) is 150 cm³/mol. The van der Waals surface area contributed by atoms with E-state index in [1.165, 1.54) is 6.07 Å². The highest BCUT2D eigenvalue weighted by molar-refractivity contribution is 6.42. The largest absolute Gasteiger partial charge is 0.419 e. The van der Waals surface area contributed by atoms with E-state index < -0.39 is 17.6 Å². The minimum absolute atomic E-state index is 0.0232. The van der Waals surface area contributed by atoms with Gasteiger partial charge >= 0.3 is 6.18 Å². The van der Waals surface area contributed by atoms with Gasteiger partial charge in [0.25, 0.3) is 0 Å². The average Bonchev–Trinajstić information content (AvgIpc) is 3.35. The maximum atomic E-state index is 14.3. The molecular weight excluding hydrogens is 583 g/mol. The number of amides is 2. The van der Waals surface area contributed by atoms with Crippen LogP contribution in [-0.2, 0) is 22.3 Å². The van der Waals surface area contributed by atoms with Gasteiger partial charge in [0.05, 0.1) is 22.2 Å². The van der Waals surface area contributed by atoms with Crippen LogP contribution in [0.2, 0.25) is 10.0 Å². The minimum Gasteiger partial charge on any atom is -0.343 e. The van der Waals surface area contributed by atoms with Crippen LogP contribution in [0.4, 0.5) is 17.6 Å². The number of carbonyl (C=O) groups excluding carboxylic acids is 2. The highest BCUT2D eigenvalue weighted by atomic mass is 35.5. The Morgan fingerprint density at radius 2 is 1.68 bits per heavy atom. The van der Waals surface area contributed by atoms with Gasteiger partial charge in [0.2, 0.25) is 11.8 Å². The Labute approximate surface area is 247 Å². The van der Waals surface area contributed by atoms with Crippen LogP contribution < -0.4 is 0 Å². The lowest BCUT2D eigenvalue weighted by Gasteiger charge is -2.36. The summed E-state index contributed by atoms with van der Waals surface area (Å²) in [7, 11) is 3.62. The van der Waals surface area contributed by atoms with E-state index in [-0.39, 0.29) is 42.9 Å². The topological polar surface area (TPSA) is 47.1 Å². The molecule has 4 rings (SSSR count). The first kappa shape index (κ1) is 31.5. The van der Waals surface area contributed by atoms with E-state index in [4.69, 9.17) is 23.2 Å². The Morgan fingerprint density at radius 3 is 2.27 bits per heavy atom.